The van der Waals surface area contributed by atoms with E-state index in [0.717, 1.165) is 38.5 Å². The molecule has 4 heteroatoms. The minimum absolute atomic E-state index is 0.0226. The maximum Gasteiger partial charge on any atom is 0.485 e. The predicted octanol–water partition coefficient (Wildman–Crippen LogP) is 5.92. The molecule has 0 unspecified atom stereocenters. The van der Waals surface area contributed by atoms with Crippen molar-refractivity contribution in [1.29, 1.82) is 0 Å². The van der Waals surface area contributed by atoms with Crippen molar-refractivity contribution >= 4 is 9.53 Å². The lowest BCUT2D eigenvalue weighted by atomic mass is 9.87. The summed E-state index contributed by atoms with van der Waals surface area (Å²) in [5, 5.41) is 0. The first-order valence-electron chi connectivity index (χ1n) is 10.9. The Morgan fingerprint density at radius 1 is 0.440 bits per heavy atom. The lowest BCUT2D eigenvalue weighted by Crippen LogP contribution is -2.50. The molecule has 0 heterocycles. The van der Waals surface area contributed by atoms with Gasteiger partial charge in [0.05, 0.1) is 16.8 Å². The second-order valence-electron chi connectivity index (χ2n) is 9.67. The van der Waals surface area contributed by atoms with Crippen molar-refractivity contribution in [3.63, 3.8) is 0 Å². The fourth-order valence-electron chi connectivity index (χ4n) is 5.02. The molecule has 0 radical (unpaired) electrons. The van der Waals surface area contributed by atoms with Gasteiger partial charge in [-0.2, -0.15) is 0 Å². The van der Waals surface area contributed by atoms with Gasteiger partial charge >= 0.3 is 9.53 Å². The van der Waals surface area contributed by atoms with Crippen molar-refractivity contribution in [2.45, 2.75) is 134 Å². The van der Waals surface area contributed by atoms with Crippen LogP contribution in [0.5, 0.6) is 0 Å². The van der Waals surface area contributed by atoms with Crippen molar-refractivity contribution in [3.05, 3.63) is 0 Å². The molecule has 0 amide bonds. The van der Waals surface area contributed by atoms with E-state index < -0.39 is 9.53 Å². The summed E-state index contributed by atoms with van der Waals surface area (Å²) in [6, 6.07) is 0. The topological polar surface area (TPSA) is 27.7 Å². The summed E-state index contributed by atoms with van der Waals surface area (Å²) in [6.07, 6.45) is 18.7. The summed E-state index contributed by atoms with van der Waals surface area (Å²) in [4.78, 5) is 0. The number of rotatable bonds is 6. The Hall–Kier alpha value is 0.0969. The Bertz CT molecular complexity index is 346. The van der Waals surface area contributed by atoms with Crippen molar-refractivity contribution in [2.24, 2.45) is 0 Å². The molecular formula is C21H40O3Si. The molecule has 0 aromatic rings. The summed E-state index contributed by atoms with van der Waals surface area (Å²) in [7, 11) is -2.15. The lowest BCUT2D eigenvalue weighted by Gasteiger charge is -2.44. The lowest BCUT2D eigenvalue weighted by molar-refractivity contribution is -0.101. The van der Waals surface area contributed by atoms with Gasteiger partial charge in [-0.3, -0.25) is 0 Å². The predicted molar refractivity (Wildman–Crippen MR) is 105 cm³/mol. The largest absolute Gasteiger partial charge is 0.485 e. The van der Waals surface area contributed by atoms with Crippen molar-refractivity contribution in [2.75, 3.05) is 0 Å². The Balaban J connectivity index is 1.68. The Morgan fingerprint density at radius 3 is 0.920 bits per heavy atom. The van der Waals surface area contributed by atoms with Crippen LogP contribution in [-0.2, 0) is 13.3 Å². The summed E-state index contributed by atoms with van der Waals surface area (Å²) >= 11 is 0. The highest BCUT2D eigenvalue weighted by Crippen LogP contribution is 2.38. The zero-order valence-electron chi connectivity index (χ0n) is 16.9. The highest BCUT2D eigenvalue weighted by Gasteiger charge is 2.42. The van der Waals surface area contributed by atoms with Crippen LogP contribution in [-0.4, -0.2) is 26.3 Å². The van der Waals surface area contributed by atoms with Crippen LogP contribution >= 0.6 is 0 Å². The van der Waals surface area contributed by atoms with Crippen LogP contribution in [0.15, 0.2) is 0 Å². The average molecular weight is 369 g/mol. The molecule has 0 aromatic carbocycles. The summed E-state index contributed by atoms with van der Waals surface area (Å²) in [6.45, 7) is 6.89. The summed E-state index contributed by atoms with van der Waals surface area (Å²) in [5.41, 5.74) is -0.0679. The van der Waals surface area contributed by atoms with Gasteiger partial charge in [0.2, 0.25) is 0 Å². The molecule has 3 nitrogen and oxygen atoms in total. The molecule has 0 spiro atoms. The van der Waals surface area contributed by atoms with E-state index in [1.807, 2.05) is 0 Å². The molecule has 0 atom stereocenters. The molecule has 0 aliphatic heterocycles. The van der Waals surface area contributed by atoms with E-state index in [9.17, 15) is 0 Å². The van der Waals surface area contributed by atoms with Gasteiger partial charge in [-0.05, 0) is 59.3 Å². The Morgan fingerprint density at radius 2 is 0.680 bits per heavy atom. The van der Waals surface area contributed by atoms with Crippen LogP contribution in [0.4, 0.5) is 0 Å². The standard InChI is InChI=1S/C21H40O3Si/c1-19(13-7-4-8-14-19)22-25(23-20(2)15-9-5-10-16-20)24-21(3)17-11-6-12-18-21/h25H,4-18H2,1-3H3. The van der Waals surface area contributed by atoms with Gasteiger partial charge in [-0.15, -0.1) is 0 Å². The van der Waals surface area contributed by atoms with Crippen molar-refractivity contribution in [3.8, 4) is 0 Å². The van der Waals surface area contributed by atoms with Gasteiger partial charge in [0.25, 0.3) is 0 Å². The third-order valence-corrected chi connectivity index (χ3v) is 9.16. The van der Waals surface area contributed by atoms with Gasteiger partial charge in [-0.1, -0.05) is 57.8 Å². The van der Waals surface area contributed by atoms with Gasteiger partial charge in [0, 0.05) is 0 Å². The zero-order chi connectivity index (χ0) is 17.8. The first-order valence-corrected chi connectivity index (χ1v) is 12.4. The molecule has 3 fully saturated rings. The first kappa shape index (κ1) is 19.8. The molecule has 3 saturated carbocycles. The molecule has 0 N–H and O–H groups in total. The van der Waals surface area contributed by atoms with Crippen LogP contribution in [0, 0.1) is 0 Å². The van der Waals surface area contributed by atoms with E-state index >= 15 is 0 Å². The van der Waals surface area contributed by atoms with Gasteiger partial charge < -0.3 is 13.3 Å². The van der Waals surface area contributed by atoms with E-state index in [1.165, 1.54) is 57.8 Å². The molecule has 0 bridgehead atoms. The smallest absolute Gasteiger partial charge is 0.370 e. The Kier molecular flexibility index (Phi) is 6.68. The summed E-state index contributed by atoms with van der Waals surface area (Å²) in [5.74, 6) is 0. The van der Waals surface area contributed by atoms with E-state index in [1.54, 1.807) is 0 Å². The third-order valence-electron chi connectivity index (χ3n) is 6.88. The van der Waals surface area contributed by atoms with Crippen molar-refractivity contribution in [1.82, 2.24) is 0 Å². The third kappa shape index (κ3) is 5.79. The quantitative estimate of drug-likeness (QED) is 0.544. The average Bonchev–Trinajstić information content (AvgIpc) is 2.55. The van der Waals surface area contributed by atoms with E-state index in [-0.39, 0.29) is 16.8 Å². The van der Waals surface area contributed by atoms with E-state index in [0.29, 0.717) is 0 Å². The van der Waals surface area contributed by atoms with Crippen LogP contribution in [0.3, 0.4) is 0 Å². The van der Waals surface area contributed by atoms with Gasteiger partial charge in [0.15, 0.2) is 0 Å². The normalized spacial score (nSPS) is 28.8. The first-order chi connectivity index (χ1) is 11.9. The number of hydrogen-bond acceptors (Lipinski definition) is 3. The molecule has 3 aliphatic rings. The maximum absolute atomic E-state index is 6.71. The van der Waals surface area contributed by atoms with Crippen LogP contribution in [0.1, 0.15) is 117 Å². The highest BCUT2D eigenvalue weighted by molar-refractivity contribution is 6.36. The monoisotopic (exact) mass is 368 g/mol. The number of hydrogen-bond donors (Lipinski definition) is 0. The van der Waals surface area contributed by atoms with E-state index in [2.05, 4.69) is 20.8 Å². The zero-order valence-corrected chi connectivity index (χ0v) is 18.1. The maximum atomic E-state index is 6.71. The molecule has 3 rings (SSSR count). The minimum Gasteiger partial charge on any atom is -0.370 e. The van der Waals surface area contributed by atoms with Gasteiger partial charge in [0.1, 0.15) is 0 Å². The summed E-state index contributed by atoms with van der Waals surface area (Å²) < 4.78 is 20.1. The Labute approximate surface area is 157 Å². The molecule has 0 aromatic heterocycles. The fraction of sp³-hybridized carbons (Fsp3) is 1.00. The molecule has 0 saturated heterocycles. The van der Waals surface area contributed by atoms with Crippen molar-refractivity contribution < 1.29 is 13.3 Å². The second-order valence-corrected chi connectivity index (χ2v) is 11.0. The minimum atomic E-state index is -2.15. The molecule has 25 heavy (non-hydrogen) atoms. The SMILES string of the molecule is CC1(O[SiH](OC2(C)CCCCC2)OC2(C)CCCCC2)CCCCC1. The molecule has 146 valence electrons. The van der Waals surface area contributed by atoms with E-state index in [4.69, 9.17) is 13.3 Å². The van der Waals surface area contributed by atoms with Gasteiger partial charge in [-0.25, -0.2) is 0 Å². The molecular weight excluding hydrogens is 328 g/mol. The van der Waals surface area contributed by atoms with Crippen LogP contribution < -0.4 is 0 Å². The molecule has 3 aliphatic carbocycles. The highest BCUT2D eigenvalue weighted by atomic mass is 28.3. The second kappa shape index (κ2) is 8.41. The van der Waals surface area contributed by atoms with Crippen LogP contribution in [0.2, 0.25) is 0 Å². The van der Waals surface area contributed by atoms with Crippen LogP contribution in [0.25, 0.3) is 0 Å². The fourth-order valence-corrected chi connectivity index (χ4v) is 7.27.